The van der Waals surface area contributed by atoms with Gasteiger partial charge < -0.3 is 10.4 Å². The molecule has 0 atom stereocenters. The second-order valence-corrected chi connectivity index (χ2v) is 7.84. The molecule has 0 aliphatic carbocycles. The normalized spacial score (nSPS) is 11.0. The molecule has 3 rings (SSSR count). The minimum Gasteiger partial charge on any atom is -0.478 e. The molecule has 1 aromatic heterocycles. The monoisotopic (exact) mass is 431 g/mol. The average Bonchev–Trinajstić information content (AvgIpc) is 2.82. The van der Waals surface area contributed by atoms with Crippen molar-refractivity contribution >= 4 is 17.3 Å². The van der Waals surface area contributed by atoms with Gasteiger partial charge in [0.2, 0.25) is 0 Å². The average molecular weight is 432 g/mol. The predicted molar refractivity (Wildman–Crippen MR) is 132 cm³/mol. The number of aromatic nitrogens is 1. The van der Waals surface area contributed by atoms with E-state index in [-0.39, 0.29) is 0 Å². The maximum absolute atomic E-state index is 12.3. The number of carboxylic acids is 1. The summed E-state index contributed by atoms with van der Waals surface area (Å²) in [5.74, 6) is -0.903. The summed E-state index contributed by atoms with van der Waals surface area (Å²) in [6.07, 6.45) is 5.30. The van der Waals surface area contributed by atoms with Crippen LogP contribution in [0.4, 0.5) is 11.4 Å². The Hall–Kier alpha value is -3.18. The van der Waals surface area contributed by atoms with Crippen LogP contribution in [0.3, 0.4) is 0 Å². The molecule has 5 nitrogen and oxygen atoms in total. The van der Waals surface area contributed by atoms with E-state index >= 15 is 0 Å². The highest BCUT2D eigenvalue weighted by Crippen LogP contribution is 2.34. The minimum atomic E-state index is -0.903. The van der Waals surface area contributed by atoms with Gasteiger partial charge in [0.15, 0.2) is 0 Å². The fourth-order valence-corrected chi connectivity index (χ4v) is 4.11. The Morgan fingerprint density at radius 1 is 0.906 bits per heavy atom. The van der Waals surface area contributed by atoms with Crippen LogP contribution in [0, 0.1) is 0 Å². The Labute approximate surface area is 191 Å². The Morgan fingerprint density at radius 2 is 1.53 bits per heavy atom. The molecule has 3 aromatic rings. The van der Waals surface area contributed by atoms with Crippen LogP contribution in [0.1, 0.15) is 54.7 Å². The summed E-state index contributed by atoms with van der Waals surface area (Å²) in [5, 5.41) is 13.6. The molecule has 5 heteroatoms. The fourth-order valence-electron chi connectivity index (χ4n) is 4.11. The second kappa shape index (κ2) is 10.9. The highest BCUT2D eigenvalue weighted by Gasteiger charge is 2.19. The van der Waals surface area contributed by atoms with Crippen molar-refractivity contribution in [3.63, 3.8) is 0 Å². The molecule has 0 unspecified atom stereocenters. The van der Waals surface area contributed by atoms with Crippen molar-refractivity contribution in [1.29, 1.82) is 0 Å². The van der Waals surface area contributed by atoms with Gasteiger partial charge in [-0.05, 0) is 84.1 Å². The molecule has 0 bridgehead atoms. The summed E-state index contributed by atoms with van der Waals surface area (Å²) in [7, 11) is 0. The van der Waals surface area contributed by atoms with Crippen molar-refractivity contribution in [3.05, 3.63) is 77.1 Å². The van der Waals surface area contributed by atoms with Gasteiger partial charge >= 0.3 is 5.97 Å². The first-order valence-corrected chi connectivity index (χ1v) is 11.4. The van der Waals surface area contributed by atoms with Gasteiger partial charge in [-0.25, -0.2) is 4.79 Å². The number of anilines is 2. The quantitative estimate of drug-likeness (QED) is 0.403. The Morgan fingerprint density at radius 3 is 2.06 bits per heavy atom. The largest absolute Gasteiger partial charge is 0.478 e. The van der Waals surface area contributed by atoms with Crippen molar-refractivity contribution in [2.75, 3.05) is 18.4 Å². The first-order valence-electron chi connectivity index (χ1n) is 11.4. The molecule has 0 aliphatic heterocycles. The molecule has 0 aliphatic rings. The summed E-state index contributed by atoms with van der Waals surface area (Å²) in [4.78, 5) is 18.6. The molecule has 1 heterocycles. The van der Waals surface area contributed by atoms with E-state index in [1.807, 2.05) is 30.3 Å². The van der Waals surface area contributed by atoms with Crippen molar-refractivity contribution < 1.29 is 9.90 Å². The van der Waals surface area contributed by atoms with E-state index in [4.69, 9.17) is 0 Å². The van der Waals surface area contributed by atoms with E-state index in [2.05, 4.69) is 55.0 Å². The van der Waals surface area contributed by atoms with Crippen LogP contribution in [-0.4, -0.2) is 34.0 Å². The van der Waals surface area contributed by atoms with Crippen LogP contribution in [0.5, 0.6) is 0 Å². The number of hydrogen-bond acceptors (Lipinski definition) is 4. The van der Waals surface area contributed by atoms with Crippen molar-refractivity contribution in [2.24, 2.45) is 0 Å². The summed E-state index contributed by atoms with van der Waals surface area (Å²) in [5.41, 5.74) is 7.45. The van der Waals surface area contributed by atoms with Gasteiger partial charge in [0, 0.05) is 24.6 Å². The molecule has 2 aromatic carbocycles. The molecule has 0 saturated carbocycles. The molecule has 2 N–H and O–H groups in total. The summed E-state index contributed by atoms with van der Waals surface area (Å²) < 4.78 is 0. The van der Waals surface area contributed by atoms with Gasteiger partial charge in [-0.1, -0.05) is 39.8 Å². The second-order valence-electron chi connectivity index (χ2n) is 7.84. The highest BCUT2D eigenvalue weighted by atomic mass is 16.4. The molecule has 0 radical (unpaired) electrons. The van der Waals surface area contributed by atoms with E-state index < -0.39 is 5.97 Å². The Kier molecular flexibility index (Phi) is 8.01. The molecular weight excluding hydrogens is 398 g/mol. The van der Waals surface area contributed by atoms with Crippen LogP contribution >= 0.6 is 0 Å². The Balaban J connectivity index is 2.07. The third-order valence-corrected chi connectivity index (χ3v) is 5.99. The van der Waals surface area contributed by atoms with E-state index in [1.54, 1.807) is 12.4 Å². The number of hydrogen-bond donors (Lipinski definition) is 2. The number of aryl methyl sites for hydroxylation is 2. The van der Waals surface area contributed by atoms with E-state index in [1.165, 1.54) is 11.1 Å². The zero-order valence-electron chi connectivity index (χ0n) is 19.5. The first kappa shape index (κ1) is 23.5. The maximum Gasteiger partial charge on any atom is 0.338 e. The van der Waals surface area contributed by atoms with Gasteiger partial charge in [-0.3, -0.25) is 9.88 Å². The third kappa shape index (κ3) is 5.17. The summed E-state index contributed by atoms with van der Waals surface area (Å²) in [6, 6.07) is 14.1. The standard InChI is InChI=1S/C27H33N3O2/c1-5-19-16-23(21-12-14-28-15-13-21)17-20(6-2)26(19)29-24-11-9-10-22(25(24)27(31)32)18-30(7-3)8-4/h9-17,29H,5-8,18H2,1-4H3,(H,31,32). The van der Waals surface area contributed by atoms with Crippen LogP contribution < -0.4 is 5.32 Å². The zero-order chi connectivity index (χ0) is 23.1. The lowest BCUT2D eigenvalue weighted by atomic mass is 9.95. The van der Waals surface area contributed by atoms with Gasteiger partial charge in [-0.2, -0.15) is 0 Å². The lowest BCUT2D eigenvalue weighted by Gasteiger charge is -2.22. The van der Waals surface area contributed by atoms with Crippen LogP contribution in [-0.2, 0) is 19.4 Å². The van der Waals surface area contributed by atoms with E-state index in [9.17, 15) is 9.90 Å². The minimum absolute atomic E-state index is 0.349. The first-order chi connectivity index (χ1) is 15.5. The van der Waals surface area contributed by atoms with Gasteiger partial charge in [0.25, 0.3) is 0 Å². The lowest BCUT2D eigenvalue weighted by molar-refractivity contribution is 0.0695. The van der Waals surface area contributed by atoms with Crippen LogP contribution in [0.25, 0.3) is 11.1 Å². The van der Waals surface area contributed by atoms with Crippen molar-refractivity contribution in [2.45, 2.75) is 47.1 Å². The SMILES string of the molecule is CCc1cc(-c2ccncc2)cc(CC)c1Nc1cccc(CN(CC)CC)c1C(=O)O. The predicted octanol–water partition coefficient (Wildman–Crippen LogP) is 6.16. The van der Waals surface area contributed by atoms with Gasteiger partial charge in [0.05, 0.1) is 11.3 Å². The number of pyridine rings is 1. The van der Waals surface area contributed by atoms with Crippen LogP contribution in [0.2, 0.25) is 0 Å². The molecule has 0 saturated heterocycles. The fraction of sp³-hybridized carbons (Fsp3) is 0.333. The number of carboxylic acid groups (broad SMARTS) is 1. The smallest absolute Gasteiger partial charge is 0.338 e. The lowest BCUT2D eigenvalue weighted by Crippen LogP contribution is -2.23. The molecular formula is C27H33N3O2. The maximum atomic E-state index is 12.3. The number of rotatable bonds is 10. The number of benzene rings is 2. The molecule has 0 fully saturated rings. The van der Waals surface area contributed by atoms with Crippen LogP contribution in [0.15, 0.2) is 54.9 Å². The molecule has 168 valence electrons. The van der Waals surface area contributed by atoms with Crippen molar-refractivity contribution in [1.82, 2.24) is 9.88 Å². The van der Waals surface area contributed by atoms with Gasteiger partial charge in [-0.15, -0.1) is 0 Å². The zero-order valence-corrected chi connectivity index (χ0v) is 19.5. The summed E-state index contributed by atoms with van der Waals surface area (Å²) >= 11 is 0. The third-order valence-electron chi connectivity index (χ3n) is 5.99. The van der Waals surface area contributed by atoms with E-state index in [0.717, 1.165) is 48.3 Å². The topological polar surface area (TPSA) is 65.5 Å². The molecule has 0 amide bonds. The number of carbonyl (C=O) groups is 1. The Bertz CT molecular complexity index is 1030. The van der Waals surface area contributed by atoms with Crippen molar-refractivity contribution in [3.8, 4) is 11.1 Å². The number of nitrogens with one attached hydrogen (secondary N) is 1. The van der Waals surface area contributed by atoms with Gasteiger partial charge in [0.1, 0.15) is 0 Å². The molecule has 32 heavy (non-hydrogen) atoms. The number of aromatic carboxylic acids is 1. The molecule has 0 spiro atoms. The summed E-state index contributed by atoms with van der Waals surface area (Å²) in [6.45, 7) is 10.8. The van der Waals surface area contributed by atoms with E-state index in [0.29, 0.717) is 17.8 Å². The number of nitrogens with zero attached hydrogens (tertiary/aromatic N) is 2. The highest BCUT2D eigenvalue weighted by molar-refractivity contribution is 5.97.